The van der Waals surface area contributed by atoms with Crippen molar-refractivity contribution in [3.8, 4) is 11.5 Å². The van der Waals surface area contributed by atoms with Gasteiger partial charge < -0.3 is 19.9 Å². The largest absolute Gasteiger partial charge is 0.497 e. The van der Waals surface area contributed by atoms with Crippen LogP contribution >= 0.6 is 0 Å². The van der Waals surface area contributed by atoms with Gasteiger partial charge in [0.05, 0.1) is 37.7 Å². The summed E-state index contributed by atoms with van der Waals surface area (Å²) < 4.78 is 11.2. The van der Waals surface area contributed by atoms with Crippen molar-refractivity contribution >= 4 is 17.1 Å². The van der Waals surface area contributed by atoms with Gasteiger partial charge in [-0.1, -0.05) is 44.2 Å². The van der Waals surface area contributed by atoms with E-state index < -0.39 is 6.10 Å². The number of fused-ring (bicyclic) bond motifs is 2. The predicted molar refractivity (Wildman–Crippen MR) is 141 cm³/mol. The Hall–Kier alpha value is -3.31. The maximum atomic E-state index is 11.6. The Labute approximate surface area is 207 Å². The molecule has 4 unspecified atom stereocenters. The maximum absolute atomic E-state index is 11.6. The molecule has 0 aromatic heterocycles. The smallest absolute Gasteiger partial charge is 0.124 e. The van der Waals surface area contributed by atoms with Gasteiger partial charge >= 0.3 is 0 Å². The zero-order valence-corrected chi connectivity index (χ0v) is 20.9. The number of anilines is 1. The highest BCUT2D eigenvalue weighted by molar-refractivity contribution is 5.95. The molecule has 5 nitrogen and oxygen atoms in total. The van der Waals surface area contributed by atoms with Crippen molar-refractivity contribution < 1.29 is 14.6 Å². The molecule has 3 aromatic carbocycles. The van der Waals surface area contributed by atoms with Crippen LogP contribution in [0.1, 0.15) is 61.3 Å². The number of aliphatic hydroxyl groups is 1. The minimum absolute atomic E-state index is 0.155. The van der Waals surface area contributed by atoms with E-state index in [0.717, 1.165) is 40.6 Å². The molecule has 1 aliphatic heterocycles. The minimum atomic E-state index is -0.547. The Morgan fingerprint density at radius 3 is 2.46 bits per heavy atom. The second-order valence-electron chi connectivity index (χ2n) is 9.90. The summed E-state index contributed by atoms with van der Waals surface area (Å²) in [7, 11) is 3.39. The van der Waals surface area contributed by atoms with Crippen molar-refractivity contribution in [2.75, 3.05) is 19.5 Å². The lowest BCUT2D eigenvalue weighted by Crippen LogP contribution is -2.41. The Balaban J connectivity index is 1.59. The van der Waals surface area contributed by atoms with Gasteiger partial charge in [-0.2, -0.15) is 0 Å². The van der Waals surface area contributed by atoms with Gasteiger partial charge in [0.25, 0.3) is 0 Å². The van der Waals surface area contributed by atoms with E-state index in [9.17, 15) is 5.11 Å². The van der Waals surface area contributed by atoms with Crippen LogP contribution in [0.25, 0.3) is 0 Å². The molecule has 1 saturated carbocycles. The Morgan fingerprint density at radius 2 is 1.74 bits per heavy atom. The number of rotatable bonds is 5. The quantitative estimate of drug-likeness (QED) is 0.440. The lowest BCUT2D eigenvalue weighted by Gasteiger charge is -2.39. The van der Waals surface area contributed by atoms with Crippen LogP contribution in [0.2, 0.25) is 0 Å². The van der Waals surface area contributed by atoms with E-state index >= 15 is 0 Å². The number of benzene rings is 3. The first-order valence-electron chi connectivity index (χ1n) is 12.4. The zero-order valence-electron chi connectivity index (χ0n) is 20.9. The molecule has 0 bridgehead atoms. The standard InChI is InChI=1S/C30H34N2O3/c1-18(2)20-11-14-28(35-4)23(15-20)30-29-26(31-24-7-5-6-8-25(24)32-30)16-21(17-27(29)33)19-9-12-22(34-3)13-10-19/h5-15,18,21,27,29-30,32-33H,16-17H2,1-4H3. The molecule has 2 aliphatic rings. The van der Waals surface area contributed by atoms with Gasteiger partial charge in [-0.25, -0.2) is 0 Å². The summed E-state index contributed by atoms with van der Waals surface area (Å²) in [4.78, 5) is 5.14. The molecule has 1 aliphatic carbocycles. The van der Waals surface area contributed by atoms with E-state index in [0.29, 0.717) is 12.3 Å². The third-order valence-corrected chi connectivity index (χ3v) is 7.46. The maximum Gasteiger partial charge on any atom is 0.124 e. The molecule has 35 heavy (non-hydrogen) atoms. The Morgan fingerprint density at radius 1 is 0.971 bits per heavy atom. The summed E-state index contributed by atoms with van der Waals surface area (Å²) in [5.41, 5.74) is 6.44. The topological polar surface area (TPSA) is 63.1 Å². The van der Waals surface area contributed by atoms with Crippen LogP contribution in [0.4, 0.5) is 11.4 Å². The van der Waals surface area contributed by atoms with Crippen LogP contribution in [-0.2, 0) is 0 Å². The number of ether oxygens (including phenoxy) is 2. The Kier molecular flexibility index (Phi) is 6.52. The summed E-state index contributed by atoms with van der Waals surface area (Å²) in [6, 6.07) is 22.6. The van der Waals surface area contributed by atoms with Gasteiger partial charge in [0.1, 0.15) is 11.5 Å². The van der Waals surface area contributed by atoms with Crippen molar-refractivity contribution in [2.24, 2.45) is 10.9 Å². The molecule has 0 amide bonds. The number of aliphatic hydroxyl groups excluding tert-OH is 1. The molecule has 182 valence electrons. The summed E-state index contributed by atoms with van der Waals surface area (Å²) in [6.07, 6.45) is 0.928. The van der Waals surface area contributed by atoms with E-state index in [2.05, 4.69) is 55.6 Å². The lowest BCUT2D eigenvalue weighted by atomic mass is 9.71. The van der Waals surface area contributed by atoms with Crippen LogP contribution < -0.4 is 14.8 Å². The lowest BCUT2D eigenvalue weighted by molar-refractivity contribution is 0.100. The first-order chi connectivity index (χ1) is 17.0. The molecule has 0 saturated heterocycles. The summed E-state index contributed by atoms with van der Waals surface area (Å²) in [6.45, 7) is 4.40. The molecular formula is C30H34N2O3. The highest BCUT2D eigenvalue weighted by Crippen LogP contribution is 2.47. The van der Waals surface area contributed by atoms with Crippen molar-refractivity contribution in [2.45, 2.75) is 50.7 Å². The number of hydrogen-bond donors (Lipinski definition) is 2. The van der Waals surface area contributed by atoms with E-state index in [4.69, 9.17) is 14.5 Å². The van der Waals surface area contributed by atoms with Gasteiger partial charge in [-0.3, -0.25) is 4.99 Å². The van der Waals surface area contributed by atoms with Gasteiger partial charge in [0.15, 0.2) is 0 Å². The summed E-state index contributed by atoms with van der Waals surface area (Å²) in [5, 5.41) is 15.4. The van der Waals surface area contributed by atoms with E-state index in [-0.39, 0.29) is 17.9 Å². The number of methoxy groups -OCH3 is 2. The summed E-state index contributed by atoms with van der Waals surface area (Å²) >= 11 is 0. The second-order valence-corrected chi connectivity index (χ2v) is 9.90. The van der Waals surface area contributed by atoms with Crippen LogP contribution in [0, 0.1) is 5.92 Å². The number of nitrogens with one attached hydrogen (secondary N) is 1. The van der Waals surface area contributed by atoms with Crippen LogP contribution in [0.15, 0.2) is 71.7 Å². The molecule has 2 N–H and O–H groups in total. The minimum Gasteiger partial charge on any atom is -0.497 e. The highest BCUT2D eigenvalue weighted by Gasteiger charge is 2.42. The van der Waals surface area contributed by atoms with Crippen molar-refractivity contribution in [1.82, 2.24) is 0 Å². The molecular weight excluding hydrogens is 436 g/mol. The van der Waals surface area contributed by atoms with Crippen molar-refractivity contribution in [3.63, 3.8) is 0 Å². The summed E-state index contributed by atoms with van der Waals surface area (Å²) in [5.74, 6) is 2.09. The molecule has 4 atom stereocenters. The third kappa shape index (κ3) is 4.53. The molecule has 3 aromatic rings. The average Bonchev–Trinajstić information content (AvgIpc) is 3.05. The van der Waals surface area contributed by atoms with E-state index in [1.807, 2.05) is 30.3 Å². The number of para-hydroxylation sites is 2. The Bertz CT molecular complexity index is 1220. The van der Waals surface area contributed by atoms with Gasteiger partial charge in [0.2, 0.25) is 0 Å². The molecule has 5 rings (SSSR count). The normalized spacial score (nSPS) is 23.4. The predicted octanol–water partition coefficient (Wildman–Crippen LogP) is 6.62. The number of hydrogen-bond acceptors (Lipinski definition) is 5. The van der Waals surface area contributed by atoms with Crippen LogP contribution in [-0.4, -0.2) is 31.1 Å². The first-order valence-corrected chi connectivity index (χ1v) is 12.4. The molecule has 1 fully saturated rings. The van der Waals surface area contributed by atoms with Crippen molar-refractivity contribution in [1.29, 1.82) is 0 Å². The molecule has 5 heteroatoms. The monoisotopic (exact) mass is 470 g/mol. The van der Waals surface area contributed by atoms with Gasteiger partial charge in [-0.05, 0) is 72.2 Å². The number of aliphatic imine (C=N–C) groups is 1. The average molecular weight is 471 g/mol. The number of nitrogens with zero attached hydrogens (tertiary/aromatic N) is 1. The zero-order chi connectivity index (χ0) is 24.5. The van der Waals surface area contributed by atoms with E-state index in [1.54, 1.807) is 14.2 Å². The fraction of sp³-hybridized carbons (Fsp3) is 0.367. The fourth-order valence-corrected chi connectivity index (χ4v) is 5.53. The SMILES string of the molecule is COc1ccc(C2CC3=Nc4ccccc4NC(c4cc(C(C)C)ccc4OC)C3C(O)C2)cc1. The van der Waals surface area contributed by atoms with Gasteiger partial charge in [-0.15, -0.1) is 0 Å². The second kappa shape index (κ2) is 9.74. The fourth-order valence-electron chi connectivity index (χ4n) is 5.53. The molecule has 1 heterocycles. The van der Waals surface area contributed by atoms with Crippen LogP contribution in [0.5, 0.6) is 11.5 Å². The molecule has 0 spiro atoms. The van der Waals surface area contributed by atoms with Crippen LogP contribution in [0.3, 0.4) is 0 Å². The van der Waals surface area contributed by atoms with E-state index in [1.165, 1.54) is 11.1 Å². The highest BCUT2D eigenvalue weighted by atomic mass is 16.5. The van der Waals surface area contributed by atoms with Gasteiger partial charge in [0, 0.05) is 17.2 Å². The molecule has 0 radical (unpaired) electrons. The third-order valence-electron chi connectivity index (χ3n) is 7.46. The van der Waals surface area contributed by atoms with Crippen molar-refractivity contribution in [3.05, 3.63) is 83.4 Å². The first kappa shape index (κ1) is 23.4.